The van der Waals surface area contributed by atoms with E-state index >= 15 is 0 Å². The summed E-state index contributed by atoms with van der Waals surface area (Å²) in [6, 6.07) is 3.96. The molecular weight excluding hydrogens is 311 g/mol. The van der Waals surface area contributed by atoms with Crippen LogP contribution in [0.25, 0.3) is 11.1 Å². The SMILES string of the molecule is O=CC(=O)c1c(-c2ccc(F)cc2F)cc(Cl)nc1Cl. The van der Waals surface area contributed by atoms with Crippen LogP contribution in [0.1, 0.15) is 10.4 Å². The molecule has 2 rings (SSSR count). The molecule has 0 amide bonds. The number of benzene rings is 1. The summed E-state index contributed by atoms with van der Waals surface area (Å²) in [6.07, 6.45) is 0.0295. The van der Waals surface area contributed by atoms with Crippen molar-refractivity contribution < 1.29 is 18.4 Å². The number of carbonyl (C=O) groups is 2. The predicted molar refractivity (Wildman–Crippen MR) is 70.0 cm³/mol. The minimum Gasteiger partial charge on any atom is -0.294 e. The van der Waals surface area contributed by atoms with Gasteiger partial charge in [0.15, 0.2) is 6.29 Å². The number of rotatable bonds is 3. The summed E-state index contributed by atoms with van der Waals surface area (Å²) in [7, 11) is 0. The summed E-state index contributed by atoms with van der Waals surface area (Å²) >= 11 is 11.5. The topological polar surface area (TPSA) is 47.0 Å². The first-order valence-electron chi connectivity index (χ1n) is 5.25. The Hall–Kier alpha value is -1.85. The average Bonchev–Trinajstić information content (AvgIpc) is 2.37. The minimum atomic E-state index is -0.974. The van der Waals surface area contributed by atoms with Crippen molar-refractivity contribution >= 4 is 35.3 Å². The third-order valence-corrected chi connectivity index (χ3v) is 2.99. The molecule has 1 aromatic heterocycles. The Bertz CT molecular complexity index is 720. The molecule has 3 nitrogen and oxygen atoms in total. The van der Waals surface area contributed by atoms with Gasteiger partial charge in [0, 0.05) is 17.2 Å². The van der Waals surface area contributed by atoms with E-state index in [0.29, 0.717) is 6.07 Å². The van der Waals surface area contributed by atoms with E-state index in [1.807, 2.05) is 0 Å². The van der Waals surface area contributed by atoms with Crippen LogP contribution in [0.5, 0.6) is 0 Å². The zero-order valence-electron chi connectivity index (χ0n) is 9.66. The molecule has 0 aliphatic heterocycles. The maximum Gasteiger partial charge on any atom is 0.229 e. The van der Waals surface area contributed by atoms with Gasteiger partial charge in [0.1, 0.15) is 21.9 Å². The fourth-order valence-electron chi connectivity index (χ4n) is 1.70. The van der Waals surface area contributed by atoms with E-state index in [9.17, 15) is 18.4 Å². The number of hydrogen-bond donors (Lipinski definition) is 0. The molecule has 0 saturated carbocycles. The molecule has 0 aliphatic carbocycles. The second-order valence-corrected chi connectivity index (χ2v) is 4.51. The van der Waals surface area contributed by atoms with Gasteiger partial charge in [-0.25, -0.2) is 13.8 Å². The Morgan fingerprint density at radius 1 is 1.15 bits per heavy atom. The molecule has 2 aromatic rings. The molecule has 0 atom stereocenters. The Labute approximate surface area is 122 Å². The van der Waals surface area contributed by atoms with Crippen molar-refractivity contribution in [3.63, 3.8) is 0 Å². The Kier molecular flexibility index (Phi) is 4.11. The highest BCUT2D eigenvalue weighted by Crippen LogP contribution is 2.32. The van der Waals surface area contributed by atoms with Crippen LogP contribution in [-0.4, -0.2) is 17.1 Å². The van der Waals surface area contributed by atoms with Gasteiger partial charge in [0.2, 0.25) is 5.78 Å². The minimum absolute atomic E-state index is 0.0235. The molecular formula is C13H5Cl2F2NO2. The number of nitrogens with zero attached hydrogens (tertiary/aromatic N) is 1. The van der Waals surface area contributed by atoms with E-state index in [4.69, 9.17) is 23.2 Å². The summed E-state index contributed by atoms with van der Waals surface area (Å²) in [5.41, 5.74) is -0.413. The summed E-state index contributed by atoms with van der Waals surface area (Å²) in [4.78, 5) is 25.9. The largest absolute Gasteiger partial charge is 0.294 e. The quantitative estimate of drug-likeness (QED) is 0.375. The number of pyridine rings is 1. The van der Waals surface area contributed by atoms with Crippen LogP contribution >= 0.6 is 23.2 Å². The van der Waals surface area contributed by atoms with E-state index in [2.05, 4.69) is 4.98 Å². The lowest BCUT2D eigenvalue weighted by Gasteiger charge is -2.10. The third-order valence-electron chi connectivity index (χ3n) is 2.52. The second-order valence-electron chi connectivity index (χ2n) is 3.76. The van der Waals surface area contributed by atoms with Crippen molar-refractivity contribution in [2.75, 3.05) is 0 Å². The monoisotopic (exact) mass is 315 g/mol. The molecule has 20 heavy (non-hydrogen) atoms. The fraction of sp³-hybridized carbons (Fsp3) is 0. The highest BCUT2D eigenvalue weighted by Gasteiger charge is 2.21. The van der Waals surface area contributed by atoms with Crippen molar-refractivity contribution in [2.24, 2.45) is 0 Å². The smallest absolute Gasteiger partial charge is 0.229 e. The van der Waals surface area contributed by atoms with E-state index in [1.54, 1.807) is 0 Å². The maximum atomic E-state index is 13.8. The molecule has 0 bridgehead atoms. The predicted octanol–water partition coefficient (Wildman–Crippen LogP) is 3.72. The first-order chi connectivity index (χ1) is 9.43. The van der Waals surface area contributed by atoms with E-state index in [1.165, 1.54) is 6.07 Å². The van der Waals surface area contributed by atoms with Crippen molar-refractivity contribution in [2.45, 2.75) is 0 Å². The summed E-state index contributed by atoms with van der Waals surface area (Å²) in [5.74, 6) is -2.66. The van der Waals surface area contributed by atoms with Crippen LogP contribution < -0.4 is 0 Å². The van der Waals surface area contributed by atoms with E-state index in [-0.39, 0.29) is 33.3 Å². The first kappa shape index (κ1) is 14.6. The molecule has 1 heterocycles. The van der Waals surface area contributed by atoms with Gasteiger partial charge >= 0.3 is 0 Å². The maximum absolute atomic E-state index is 13.8. The highest BCUT2D eigenvalue weighted by molar-refractivity contribution is 6.42. The van der Waals surface area contributed by atoms with Crippen molar-refractivity contribution in [3.05, 3.63) is 51.8 Å². The summed E-state index contributed by atoms with van der Waals surface area (Å²) in [6.45, 7) is 0. The lowest BCUT2D eigenvalue weighted by Crippen LogP contribution is -2.06. The average molecular weight is 316 g/mol. The van der Waals surface area contributed by atoms with Gasteiger partial charge in [-0.15, -0.1) is 0 Å². The normalized spacial score (nSPS) is 10.4. The van der Waals surface area contributed by atoms with Crippen LogP contribution in [0, 0.1) is 11.6 Å². The lowest BCUT2D eigenvalue weighted by molar-refractivity contribution is -0.104. The Morgan fingerprint density at radius 2 is 1.85 bits per heavy atom. The number of ketones is 1. The molecule has 0 fully saturated rings. The summed E-state index contributed by atoms with van der Waals surface area (Å²) in [5, 5.41) is -0.413. The van der Waals surface area contributed by atoms with Crippen molar-refractivity contribution in [3.8, 4) is 11.1 Å². The summed E-state index contributed by atoms with van der Waals surface area (Å²) < 4.78 is 26.7. The van der Waals surface area contributed by atoms with Gasteiger partial charge in [-0.05, 0) is 18.2 Å². The molecule has 0 aliphatic rings. The number of Topliss-reactive ketones (excluding diaryl/α,β-unsaturated/α-hetero) is 1. The molecule has 0 spiro atoms. The number of hydrogen-bond acceptors (Lipinski definition) is 3. The molecule has 102 valence electrons. The molecule has 0 radical (unpaired) electrons. The van der Waals surface area contributed by atoms with Gasteiger partial charge in [0.25, 0.3) is 0 Å². The second kappa shape index (κ2) is 5.64. The van der Waals surface area contributed by atoms with Gasteiger partial charge in [-0.1, -0.05) is 23.2 Å². The zero-order valence-corrected chi connectivity index (χ0v) is 11.2. The van der Waals surface area contributed by atoms with Crippen LogP contribution in [0.4, 0.5) is 8.78 Å². The number of aromatic nitrogens is 1. The molecule has 7 heteroatoms. The fourth-order valence-corrected chi connectivity index (χ4v) is 2.22. The number of carbonyl (C=O) groups excluding carboxylic acids is 2. The van der Waals surface area contributed by atoms with Gasteiger partial charge < -0.3 is 0 Å². The van der Waals surface area contributed by atoms with Crippen LogP contribution in [0.15, 0.2) is 24.3 Å². The zero-order chi connectivity index (χ0) is 14.9. The van der Waals surface area contributed by atoms with Crippen molar-refractivity contribution in [1.82, 2.24) is 4.98 Å². The van der Waals surface area contributed by atoms with E-state index < -0.39 is 17.4 Å². The highest BCUT2D eigenvalue weighted by atomic mass is 35.5. The van der Waals surface area contributed by atoms with Gasteiger partial charge in [-0.2, -0.15) is 0 Å². The molecule has 0 unspecified atom stereocenters. The standard InChI is InChI=1S/C13H5Cl2F2NO2/c14-11-4-8(7-2-1-6(16)3-9(7)17)12(10(20)5-19)13(15)18-11/h1-5H. The third kappa shape index (κ3) is 2.69. The molecule has 0 N–H and O–H groups in total. The van der Waals surface area contributed by atoms with Crippen LogP contribution in [0.2, 0.25) is 10.3 Å². The Balaban J connectivity index is 2.78. The molecule has 0 saturated heterocycles. The lowest BCUT2D eigenvalue weighted by atomic mass is 9.99. The first-order valence-corrected chi connectivity index (χ1v) is 6.00. The number of halogens is 4. The van der Waals surface area contributed by atoms with Gasteiger partial charge in [0.05, 0.1) is 5.56 Å². The number of aldehydes is 1. The van der Waals surface area contributed by atoms with Gasteiger partial charge in [-0.3, -0.25) is 9.59 Å². The molecule has 1 aromatic carbocycles. The van der Waals surface area contributed by atoms with E-state index in [0.717, 1.165) is 12.1 Å². The van der Waals surface area contributed by atoms with Crippen molar-refractivity contribution in [1.29, 1.82) is 0 Å². The van der Waals surface area contributed by atoms with Crippen LogP contribution in [-0.2, 0) is 4.79 Å². The van der Waals surface area contributed by atoms with Crippen LogP contribution in [0.3, 0.4) is 0 Å². The Morgan fingerprint density at radius 3 is 2.45 bits per heavy atom.